The zero-order valence-corrected chi connectivity index (χ0v) is 33.6. The van der Waals surface area contributed by atoms with Crippen molar-refractivity contribution in [1.82, 2.24) is 0 Å². The highest BCUT2D eigenvalue weighted by Crippen LogP contribution is 2.73. The van der Waals surface area contributed by atoms with E-state index in [0.717, 1.165) is 36.8 Å². The molecule has 1 aromatic rings. The minimum Gasteiger partial charge on any atom is -0.508 e. The molecule has 5 fully saturated rings. The summed E-state index contributed by atoms with van der Waals surface area (Å²) in [7, 11) is 0. The van der Waals surface area contributed by atoms with Crippen LogP contribution in [0, 0.1) is 52.3 Å². The van der Waals surface area contributed by atoms with Crippen molar-refractivity contribution in [1.29, 1.82) is 0 Å². The Balaban J connectivity index is 1.18. The number of benzene rings is 1. The highest BCUT2D eigenvalue weighted by molar-refractivity contribution is 5.96. The average molecular weight is 760 g/mol. The highest BCUT2D eigenvalue weighted by atomic mass is 16.6. The Labute approximate surface area is 327 Å². The van der Waals surface area contributed by atoms with Crippen molar-refractivity contribution in [3.8, 4) is 5.75 Å². The molecule has 302 valence electrons. The number of fused-ring (bicyclic) bond motifs is 4. The number of amides is 1. The van der Waals surface area contributed by atoms with E-state index in [4.69, 9.17) is 4.74 Å². The Morgan fingerprint density at radius 2 is 1.80 bits per heavy atom. The normalized spacial score (nSPS) is 43.9. The predicted octanol–water partition coefficient (Wildman–Crippen LogP) is 6.42. The predicted molar refractivity (Wildman–Crippen MR) is 210 cm³/mol. The van der Waals surface area contributed by atoms with Crippen LogP contribution in [0.2, 0.25) is 0 Å². The van der Waals surface area contributed by atoms with Crippen LogP contribution in [0.5, 0.6) is 5.75 Å². The quantitative estimate of drug-likeness (QED) is 0.0986. The lowest BCUT2D eigenvalue weighted by molar-refractivity contribution is -0.182. The topological polar surface area (TPSA) is 151 Å². The zero-order chi connectivity index (χ0) is 39.2. The third-order valence-electron chi connectivity index (χ3n) is 16.5. The smallest absolute Gasteiger partial charge is 0.227 e. The number of phenols is 1. The number of aryl methyl sites for hydroxylation is 1. The average Bonchev–Trinajstić information content (AvgIpc) is 3.79. The van der Waals surface area contributed by atoms with Crippen molar-refractivity contribution >= 4 is 17.4 Å². The Morgan fingerprint density at radius 1 is 1.02 bits per heavy atom. The van der Waals surface area contributed by atoms with Gasteiger partial charge in [-0.05, 0) is 122 Å². The molecule has 55 heavy (non-hydrogen) atoms. The molecule has 0 unspecified atom stereocenters. The lowest BCUT2D eigenvalue weighted by atomic mass is 9.42. The van der Waals surface area contributed by atoms with Crippen molar-refractivity contribution < 1.29 is 39.9 Å². The number of unbranched alkanes of at least 4 members (excludes halogenated alkanes) is 2. The number of hydrogen-bond donors (Lipinski definition) is 5. The highest BCUT2D eigenvalue weighted by Gasteiger charge is 2.75. The number of carbonyl (C=O) groups excluding carboxylic acids is 2. The fourth-order valence-electron chi connectivity index (χ4n) is 13.2. The number of rotatable bonds is 11. The molecule has 1 amide bonds. The Morgan fingerprint density at radius 3 is 2.55 bits per heavy atom. The summed E-state index contributed by atoms with van der Waals surface area (Å²) in [5.41, 5.74) is -1.84. The fraction of sp³-hybridized carbons (Fsp3) is 0.739. The van der Waals surface area contributed by atoms with Gasteiger partial charge in [0.2, 0.25) is 5.91 Å². The molecule has 0 bridgehead atoms. The second kappa shape index (κ2) is 14.1. The molecule has 0 aromatic heterocycles. The summed E-state index contributed by atoms with van der Waals surface area (Å²) >= 11 is 0. The molecule has 2 heterocycles. The van der Waals surface area contributed by atoms with Gasteiger partial charge in [0.25, 0.3) is 0 Å². The van der Waals surface area contributed by atoms with Gasteiger partial charge in [-0.15, -0.1) is 0 Å². The van der Waals surface area contributed by atoms with E-state index in [1.165, 1.54) is 0 Å². The molecule has 8 rings (SSSR count). The SMILES string of the molecule is CCCCC[C@H]1CC(=O)N(c2cc(O)cc(CC[C@@]34[C@@H]5C=CC[C@](O)([C@H]6O[C@H]6[C@H](C)C(C)C)[C@@H]3CC[C@@]4(O)C3=CC(=O)[C@H]4C[C@@H](O)[C@@H](O)C[C@]4(C)[C@H]3C5)c2)C1. The van der Waals surface area contributed by atoms with E-state index < -0.39 is 40.2 Å². The van der Waals surface area contributed by atoms with Crippen molar-refractivity contribution in [2.75, 3.05) is 11.4 Å². The molecule has 3 saturated carbocycles. The van der Waals surface area contributed by atoms with Crippen LogP contribution in [0.25, 0.3) is 0 Å². The van der Waals surface area contributed by atoms with Gasteiger partial charge in [0.1, 0.15) is 17.5 Å². The number of hydrogen-bond acceptors (Lipinski definition) is 8. The maximum absolute atomic E-state index is 14.1. The number of ether oxygens (including phenoxy) is 1. The third-order valence-corrected chi connectivity index (χ3v) is 16.5. The third kappa shape index (κ3) is 6.11. The second-order valence-electron chi connectivity index (χ2n) is 19.7. The van der Waals surface area contributed by atoms with Gasteiger partial charge in [0.05, 0.1) is 23.9 Å². The first-order valence-electron chi connectivity index (χ1n) is 21.6. The largest absolute Gasteiger partial charge is 0.508 e. The lowest BCUT2D eigenvalue weighted by Gasteiger charge is -2.63. The van der Waals surface area contributed by atoms with Crippen LogP contribution in [0.1, 0.15) is 117 Å². The summed E-state index contributed by atoms with van der Waals surface area (Å²) in [6.45, 7) is 11.4. The number of aliphatic hydroxyl groups excluding tert-OH is 2. The van der Waals surface area contributed by atoms with Crippen LogP contribution in [-0.4, -0.2) is 79.4 Å². The number of allylic oxidation sites excluding steroid dienone is 2. The van der Waals surface area contributed by atoms with Crippen molar-refractivity contribution in [3.05, 3.63) is 47.6 Å². The van der Waals surface area contributed by atoms with E-state index in [1.54, 1.807) is 18.2 Å². The minimum absolute atomic E-state index is 0.0806. The van der Waals surface area contributed by atoms with Gasteiger partial charge in [-0.1, -0.05) is 66.0 Å². The van der Waals surface area contributed by atoms with Crippen molar-refractivity contribution in [3.63, 3.8) is 0 Å². The molecule has 2 saturated heterocycles. The molecule has 1 aromatic carbocycles. The van der Waals surface area contributed by atoms with Gasteiger partial charge >= 0.3 is 0 Å². The van der Waals surface area contributed by atoms with Gasteiger partial charge in [0, 0.05) is 42.0 Å². The van der Waals surface area contributed by atoms with Crippen LogP contribution < -0.4 is 4.90 Å². The molecule has 5 aliphatic carbocycles. The van der Waals surface area contributed by atoms with Crippen LogP contribution in [0.4, 0.5) is 5.69 Å². The van der Waals surface area contributed by atoms with Crippen LogP contribution >= 0.6 is 0 Å². The number of aromatic hydroxyl groups is 1. The summed E-state index contributed by atoms with van der Waals surface area (Å²) in [6.07, 6.45) is 12.1. The summed E-state index contributed by atoms with van der Waals surface area (Å²) < 4.78 is 6.42. The monoisotopic (exact) mass is 759 g/mol. The van der Waals surface area contributed by atoms with Gasteiger partial charge in [-0.25, -0.2) is 0 Å². The van der Waals surface area contributed by atoms with E-state index in [2.05, 4.69) is 46.8 Å². The first-order valence-corrected chi connectivity index (χ1v) is 21.6. The summed E-state index contributed by atoms with van der Waals surface area (Å²) in [4.78, 5) is 29.2. The molecule has 9 nitrogen and oxygen atoms in total. The number of aliphatic hydroxyl groups is 4. The zero-order valence-electron chi connectivity index (χ0n) is 33.6. The number of nitrogens with zero attached hydrogens (tertiary/aromatic N) is 1. The number of epoxide rings is 1. The molecule has 2 aliphatic heterocycles. The summed E-state index contributed by atoms with van der Waals surface area (Å²) in [5.74, 6) is -0.0881. The molecule has 0 spiro atoms. The molecular formula is C46H65NO8. The maximum atomic E-state index is 14.1. The van der Waals surface area contributed by atoms with Crippen LogP contribution in [-0.2, 0) is 20.7 Å². The fourth-order valence-corrected chi connectivity index (χ4v) is 13.2. The van der Waals surface area contributed by atoms with E-state index >= 15 is 0 Å². The number of phenolic OH excluding ortho intramolecular Hbond substituents is 1. The van der Waals surface area contributed by atoms with E-state index in [-0.39, 0.29) is 66.2 Å². The number of carbonyl (C=O) groups is 2. The summed E-state index contributed by atoms with van der Waals surface area (Å²) in [5, 5.41) is 59.4. The molecule has 14 atom stereocenters. The molecule has 7 aliphatic rings. The molecular weight excluding hydrogens is 695 g/mol. The van der Waals surface area contributed by atoms with Gasteiger partial charge < -0.3 is 35.2 Å². The number of anilines is 1. The molecule has 9 heteroatoms. The Hall–Kier alpha value is -2.56. The lowest BCUT2D eigenvalue weighted by Crippen LogP contribution is -2.66. The summed E-state index contributed by atoms with van der Waals surface area (Å²) in [6, 6.07) is 5.46. The minimum atomic E-state index is -1.41. The van der Waals surface area contributed by atoms with Gasteiger partial charge in [-0.2, -0.15) is 0 Å². The van der Waals surface area contributed by atoms with Gasteiger partial charge in [-0.3, -0.25) is 9.59 Å². The number of ketones is 1. The Kier molecular flexibility index (Phi) is 10.0. The van der Waals surface area contributed by atoms with Crippen molar-refractivity contribution in [2.24, 2.45) is 52.3 Å². The van der Waals surface area contributed by atoms with Crippen LogP contribution in [0.3, 0.4) is 0 Å². The van der Waals surface area contributed by atoms with E-state index in [9.17, 15) is 35.1 Å². The standard InChI is InChI=1S/C46H65NO8/c1-6-7-8-10-29-19-40(52)47(25-29)31-17-28(18-32(48)21-31)12-15-44-30-11-9-14-45(53,42-41(55-42)27(4)26(2)3)39(44)13-16-46(44,54)34-22-36(49)35-23-37(50)38(51)24-43(35,5)33(34)20-30/h9,11,17-18,21-22,26-27,29-30,33,35,37-39,41-42,48,50-51,53-54H,6-8,10,12-16,19-20,23-25H2,1-5H3/t27-,29+,30-,33+,35-,37-,38+,39-,41+,42+,43-,44-,45-,46-/m1/s1. The second-order valence-corrected chi connectivity index (χ2v) is 19.7. The van der Waals surface area contributed by atoms with Crippen LogP contribution in [0.15, 0.2) is 42.0 Å². The van der Waals surface area contributed by atoms with Crippen molar-refractivity contribution in [2.45, 2.75) is 154 Å². The van der Waals surface area contributed by atoms with E-state index in [0.29, 0.717) is 69.0 Å². The maximum Gasteiger partial charge on any atom is 0.227 e. The Bertz CT molecular complexity index is 1740. The molecule has 0 radical (unpaired) electrons. The molecule has 5 N–H and O–H groups in total. The first-order chi connectivity index (χ1) is 26.1. The van der Waals surface area contributed by atoms with Gasteiger partial charge in [0.15, 0.2) is 5.78 Å². The first kappa shape index (κ1) is 39.3. The van der Waals surface area contributed by atoms with E-state index in [1.807, 2.05) is 11.0 Å².